The second-order valence-corrected chi connectivity index (χ2v) is 4.67. The fraction of sp³-hybridized carbons (Fsp3) is 0.462. The van der Waals surface area contributed by atoms with Gasteiger partial charge in [0.05, 0.1) is 11.4 Å². The molecule has 1 aromatic carbocycles. The highest BCUT2D eigenvalue weighted by Gasteiger charge is 2.11. The standard InChI is InChI=1S/C13H20N4O/c1-17(2)8-7-16-13(18)10-3-4-11-12(9-10)15-6-5-14-11/h3-4,9,14-15H,5-8H2,1-2H3,(H,16,18). The molecule has 0 saturated carbocycles. The molecule has 0 fully saturated rings. The van der Waals surface area contributed by atoms with Gasteiger partial charge in [-0.3, -0.25) is 4.79 Å². The number of nitrogens with zero attached hydrogens (tertiary/aromatic N) is 1. The Kier molecular flexibility index (Phi) is 4.04. The van der Waals surface area contributed by atoms with Gasteiger partial charge in [0.2, 0.25) is 0 Å². The molecule has 0 radical (unpaired) electrons. The molecule has 0 saturated heterocycles. The van der Waals surface area contributed by atoms with Crippen LogP contribution in [0.4, 0.5) is 11.4 Å². The predicted octanol–water partition coefficient (Wildman–Crippen LogP) is 0.815. The average molecular weight is 248 g/mol. The molecule has 0 spiro atoms. The fourth-order valence-electron chi connectivity index (χ4n) is 1.88. The van der Waals surface area contributed by atoms with E-state index in [0.717, 1.165) is 31.0 Å². The SMILES string of the molecule is CN(C)CCNC(=O)c1ccc2c(c1)NCCN2. The molecule has 0 atom stereocenters. The lowest BCUT2D eigenvalue weighted by Gasteiger charge is -2.20. The van der Waals surface area contributed by atoms with Gasteiger partial charge in [-0.25, -0.2) is 0 Å². The van der Waals surface area contributed by atoms with Crippen LogP contribution in [-0.4, -0.2) is 51.1 Å². The molecule has 5 nitrogen and oxygen atoms in total. The summed E-state index contributed by atoms with van der Waals surface area (Å²) in [6, 6.07) is 5.69. The molecule has 0 aliphatic carbocycles. The first-order chi connectivity index (χ1) is 8.66. The van der Waals surface area contributed by atoms with Crippen LogP contribution in [0.15, 0.2) is 18.2 Å². The number of likely N-dealkylation sites (N-methyl/N-ethyl adjacent to an activating group) is 1. The van der Waals surface area contributed by atoms with E-state index in [4.69, 9.17) is 0 Å². The van der Waals surface area contributed by atoms with Crippen LogP contribution in [-0.2, 0) is 0 Å². The number of nitrogens with one attached hydrogen (secondary N) is 3. The summed E-state index contributed by atoms with van der Waals surface area (Å²) in [7, 11) is 3.97. The van der Waals surface area contributed by atoms with E-state index in [1.807, 2.05) is 37.2 Å². The first kappa shape index (κ1) is 12.7. The van der Waals surface area contributed by atoms with Gasteiger partial charge in [0.25, 0.3) is 5.91 Å². The summed E-state index contributed by atoms with van der Waals surface area (Å²) in [4.78, 5) is 14.0. The van der Waals surface area contributed by atoms with Crippen LogP contribution in [0.25, 0.3) is 0 Å². The number of benzene rings is 1. The monoisotopic (exact) mass is 248 g/mol. The largest absolute Gasteiger partial charge is 0.382 e. The molecule has 3 N–H and O–H groups in total. The van der Waals surface area contributed by atoms with Gasteiger partial charge in [0.15, 0.2) is 0 Å². The van der Waals surface area contributed by atoms with E-state index in [-0.39, 0.29) is 5.91 Å². The van der Waals surface area contributed by atoms with Crippen molar-refractivity contribution in [2.75, 3.05) is 50.9 Å². The minimum absolute atomic E-state index is 0.0213. The number of rotatable bonds is 4. The Morgan fingerprint density at radius 3 is 2.72 bits per heavy atom. The van der Waals surface area contributed by atoms with E-state index >= 15 is 0 Å². The molecule has 2 rings (SSSR count). The zero-order valence-electron chi connectivity index (χ0n) is 10.9. The van der Waals surface area contributed by atoms with Gasteiger partial charge >= 0.3 is 0 Å². The molecule has 98 valence electrons. The minimum Gasteiger partial charge on any atom is -0.382 e. The lowest BCUT2D eigenvalue weighted by Crippen LogP contribution is -2.31. The number of anilines is 2. The Hall–Kier alpha value is -1.75. The van der Waals surface area contributed by atoms with Crippen LogP contribution in [0.5, 0.6) is 0 Å². The van der Waals surface area contributed by atoms with Gasteiger partial charge in [-0.05, 0) is 32.3 Å². The third kappa shape index (κ3) is 3.13. The van der Waals surface area contributed by atoms with E-state index in [1.165, 1.54) is 0 Å². The molecule has 1 aliphatic heterocycles. The predicted molar refractivity (Wildman–Crippen MR) is 74.3 cm³/mol. The summed E-state index contributed by atoms with van der Waals surface area (Å²) in [5, 5.41) is 9.48. The first-order valence-corrected chi connectivity index (χ1v) is 6.21. The van der Waals surface area contributed by atoms with Crippen LogP contribution in [0.1, 0.15) is 10.4 Å². The summed E-state index contributed by atoms with van der Waals surface area (Å²) in [6.07, 6.45) is 0. The van der Waals surface area contributed by atoms with E-state index in [2.05, 4.69) is 16.0 Å². The van der Waals surface area contributed by atoms with Crippen molar-refractivity contribution in [1.29, 1.82) is 0 Å². The maximum atomic E-state index is 11.9. The first-order valence-electron chi connectivity index (χ1n) is 6.21. The highest BCUT2D eigenvalue weighted by Crippen LogP contribution is 2.25. The van der Waals surface area contributed by atoms with Crippen molar-refractivity contribution in [1.82, 2.24) is 10.2 Å². The molecular formula is C13H20N4O. The Morgan fingerprint density at radius 2 is 2.00 bits per heavy atom. The Labute approximate surface area is 108 Å². The molecule has 0 bridgehead atoms. The summed E-state index contributed by atoms with van der Waals surface area (Å²) >= 11 is 0. The Bertz CT molecular complexity index is 431. The maximum absolute atomic E-state index is 11.9. The second-order valence-electron chi connectivity index (χ2n) is 4.67. The van der Waals surface area contributed by atoms with Crippen molar-refractivity contribution in [3.05, 3.63) is 23.8 Å². The quantitative estimate of drug-likeness (QED) is 0.738. The fourth-order valence-corrected chi connectivity index (χ4v) is 1.88. The van der Waals surface area contributed by atoms with Gasteiger partial charge in [0.1, 0.15) is 0 Å². The van der Waals surface area contributed by atoms with E-state index in [9.17, 15) is 4.79 Å². The van der Waals surface area contributed by atoms with E-state index in [0.29, 0.717) is 12.1 Å². The second kappa shape index (κ2) is 5.73. The lowest BCUT2D eigenvalue weighted by atomic mass is 10.1. The van der Waals surface area contributed by atoms with Crippen LogP contribution in [0.2, 0.25) is 0 Å². The third-order valence-electron chi connectivity index (χ3n) is 2.88. The van der Waals surface area contributed by atoms with Crippen molar-refractivity contribution in [2.24, 2.45) is 0 Å². The van der Waals surface area contributed by atoms with Crippen LogP contribution >= 0.6 is 0 Å². The number of hydrogen-bond donors (Lipinski definition) is 3. The third-order valence-corrected chi connectivity index (χ3v) is 2.88. The molecule has 0 aromatic heterocycles. The molecular weight excluding hydrogens is 228 g/mol. The average Bonchev–Trinajstić information content (AvgIpc) is 2.37. The summed E-state index contributed by atoms with van der Waals surface area (Å²) in [5.41, 5.74) is 2.76. The van der Waals surface area contributed by atoms with Gasteiger partial charge in [-0.2, -0.15) is 0 Å². The van der Waals surface area contributed by atoms with Gasteiger partial charge < -0.3 is 20.9 Å². The zero-order valence-corrected chi connectivity index (χ0v) is 10.9. The zero-order chi connectivity index (χ0) is 13.0. The van der Waals surface area contributed by atoms with Crippen molar-refractivity contribution in [2.45, 2.75) is 0 Å². The molecule has 5 heteroatoms. The minimum atomic E-state index is -0.0213. The molecule has 18 heavy (non-hydrogen) atoms. The molecule has 1 heterocycles. The smallest absolute Gasteiger partial charge is 0.251 e. The number of amides is 1. The number of fused-ring (bicyclic) bond motifs is 1. The summed E-state index contributed by atoms with van der Waals surface area (Å²) in [5.74, 6) is -0.0213. The Balaban J connectivity index is 1.98. The number of hydrogen-bond acceptors (Lipinski definition) is 4. The lowest BCUT2D eigenvalue weighted by molar-refractivity contribution is 0.0951. The molecule has 1 amide bonds. The highest BCUT2D eigenvalue weighted by molar-refractivity contribution is 5.96. The van der Waals surface area contributed by atoms with Crippen molar-refractivity contribution < 1.29 is 4.79 Å². The molecule has 1 aliphatic rings. The molecule has 0 unspecified atom stereocenters. The van der Waals surface area contributed by atoms with Crippen molar-refractivity contribution in [3.8, 4) is 0 Å². The number of carbonyl (C=O) groups is 1. The van der Waals surface area contributed by atoms with Crippen LogP contribution in [0, 0.1) is 0 Å². The van der Waals surface area contributed by atoms with Gasteiger partial charge in [0, 0.05) is 31.7 Å². The maximum Gasteiger partial charge on any atom is 0.251 e. The van der Waals surface area contributed by atoms with Crippen molar-refractivity contribution >= 4 is 17.3 Å². The van der Waals surface area contributed by atoms with Crippen LogP contribution in [0.3, 0.4) is 0 Å². The highest BCUT2D eigenvalue weighted by atomic mass is 16.1. The van der Waals surface area contributed by atoms with Gasteiger partial charge in [-0.1, -0.05) is 0 Å². The van der Waals surface area contributed by atoms with Crippen molar-refractivity contribution in [3.63, 3.8) is 0 Å². The number of carbonyl (C=O) groups excluding carboxylic acids is 1. The van der Waals surface area contributed by atoms with Crippen LogP contribution < -0.4 is 16.0 Å². The summed E-state index contributed by atoms with van der Waals surface area (Å²) in [6.45, 7) is 3.31. The molecule has 1 aromatic rings. The van der Waals surface area contributed by atoms with E-state index in [1.54, 1.807) is 0 Å². The Morgan fingerprint density at radius 1 is 1.28 bits per heavy atom. The normalized spacial score (nSPS) is 13.5. The van der Waals surface area contributed by atoms with Gasteiger partial charge in [-0.15, -0.1) is 0 Å². The van der Waals surface area contributed by atoms with E-state index < -0.39 is 0 Å². The summed E-state index contributed by atoms with van der Waals surface area (Å²) < 4.78 is 0. The topological polar surface area (TPSA) is 56.4 Å².